The van der Waals surface area contributed by atoms with Crippen molar-refractivity contribution in [3.8, 4) is 11.3 Å². The number of hydrogen-bond donors (Lipinski definition) is 1. The minimum absolute atomic E-state index is 0.00739. The SMILES string of the molecule is Cc1ncc2c(n1)-c1ccccc1N(C(=O)c1ccc(NC(=O)c3cc(F)ccc3Cl)cc1Cl)CC2. The van der Waals surface area contributed by atoms with Gasteiger partial charge in [0.05, 0.1) is 32.6 Å². The second-order valence-electron chi connectivity index (χ2n) is 8.29. The molecule has 6 nitrogen and oxygen atoms in total. The van der Waals surface area contributed by atoms with Crippen molar-refractivity contribution in [2.45, 2.75) is 13.3 Å². The Balaban J connectivity index is 1.43. The summed E-state index contributed by atoms with van der Waals surface area (Å²) in [6.07, 6.45) is 2.38. The summed E-state index contributed by atoms with van der Waals surface area (Å²) in [5.41, 5.74) is 3.96. The first-order valence-corrected chi connectivity index (χ1v) is 11.9. The molecule has 3 aromatic carbocycles. The number of fused-ring (bicyclic) bond motifs is 3. The lowest BCUT2D eigenvalue weighted by atomic mass is 10.0. The van der Waals surface area contributed by atoms with Crippen LogP contribution in [0.1, 0.15) is 32.1 Å². The third kappa shape index (κ3) is 4.55. The van der Waals surface area contributed by atoms with Crippen LogP contribution in [0.25, 0.3) is 11.3 Å². The maximum atomic E-state index is 13.7. The van der Waals surface area contributed by atoms with Gasteiger partial charge in [-0.3, -0.25) is 9.59 Å². The monoisotopic (exact) mass is 520 g/mol. The van der Waals surface area contributed by atoms with E-state index in [1.165, 1.54) is 18.2 Å². The Morgan fingerprint density at radius 1 is 1.00 bits per heavy atom. The van der Waals surface area contributed by atoms with Crippen LogP contribution in [0.15, 0.2) is 66.9 Å². The molecule has 5 rings (SSSR count). The minimum Gasteiger partial charge on any atom is -0.322 e. The Kier molecular flexibility index (Phi) is 6.43. The van der Waals surface area contributed by atoms with E-state index in [1.54, 1.807) is 23.2 Å². The molecular weight excluding hydrogens is 502 g/mol. The first kappa shape index (κ1) is 23.9. The standard InChI is InChI=1S/C27H19Cl2FN4O2/c1-15-31-14-16-10-11-34(24-5-3-2-4-20(24)25(16)32-15)27(36)19-8-7-18(13-23(19)29)33-26(35)21-12-17(30)6-9-22(21)28/h2-9,12-14H,10-11H2,1H3,(H,33,35). The molecule has 2 heterocycles. The van der Waals surface area contributed by atoms with Gasteiger partial charge in [-0.05, 0) is 61.4 Å². The van der Waals surface area contributed by atoms with Gasteiger partial charge in [0, 0.05) is 24.0 Å². The van der Waals surface area contributed by atoms with Gasteiger partial charge in [0.15, 0.2) is 0 Å². The zero-order chi connectivity index (χ0) is 25.4. The molecule has 0 saturated heterocycles. The van der Waals surface area contributed by atoms with E-state index in [4.69, 9.17) is 23.2 Å². The van der Waals surface area contributed by atoms with E-state index >= 15 is 0 Å². The molecule has 4 aromatic rings. The second kappa shape index (κ2) is 9.68. The third-order valence-corrected chi connectivity index (χ3v) is 6.56. The maximum Gasteiger partial charge on any atom is 0.259 e. The number of nitrogens with zero attached hydrogens (tertiary/aromatic N) is 3. The zero-order valence-electron chi connectivity index (χ0n) is 19.1. The van der Waals surface area contributed by atoms with Crippen molar-refractivity contribution in [3.63, 3.8) is 0 Å². The van der Waals surface area contributed by atoms with E-state index in [0.29, 0.717) is 24.5 Å². The van der Waals surface area contributed by atoms with Gasteiger partial charge in [0.1, 0.15) is 11.6 Å². The van der Waals surface area contributed by atoms with Crippen LogP contribution in [0.4, 0.5) is 15.8 Å². The molecule has 1 aromatic heterocycles. The van der Waals surface area contributed by atoms with Crippen LogP contribution in [0.3, 0.4) is 0 Å². The number of aromatic nitrogens is 2. The molecule has 180 valence electrons. The van der Waals surface area contributed by atoms with E-state index in [2.05, 4.69) is 15.3 Å². The Morgan fingerprint density at radius 3 is 2.61 bits per heavy atom. The lowest BCUT2D eigenvalue weighted by molar-refractivity contribution is 0.0986. The van der Waals surface area contributed by atoms with Crippen molar-refractivity contribution < 1.29 is 14.0 Å². The molecule has 0 aliphatic carbocycles. The van der Waals surface area contributed by atoms with Gasteiger partial charge in [-0.1, -0.05) is 41.4 Å². The minimum atomic E-state index is -0.592. The summed E-state index contributed by atoms with van der Waals surface area (Å²) in [6.45, 7) is 2.25. The first-order chi connectivity index (χ1) is 17.3. The van der Waals surface area contributed by atoms with Gasteiger partial charge in [-0.15, -0.1) is 0 Å². The average Bonchev–Trinajstić information content (AvgIpc) is 3.02. The number of carbonyl (C=O) groups is 2. The average molecular weight is 521 g/mol. The van der Waals surface area contributed by atoms with Gasteiger partial charge in [0.2, 0.25) is 0 Å². The maximum absolute atomic E-state index is 13.7. The molecule has 2 amide bonds. The second-order valence-corrected chi connectivity index (χ2v) is 9.10. The molecule has 1 N–H and O–H groups in total. The van der Waals surface area contributed by atoms with Crippen LogP contribution in [0.5, 0.6) is 0 Å². The number of carbonyl (C=O) groups excluding carboxylic acids is 2. The molecule has 0 radical (unpaired) electrons. The molecule has 0 spiro atoms. The zero-order valence-corrected chi connectivity index (χ0v) is 20.6. The molecule has 0 fully saturated rings. The number of aryl methyl sites for hydroxylation is 1. The summed E-state index contributed by atoms with van der Waals surface area (Å²) >= 11 is 12.5. The van der Waals surface area contributed by atoms with Crippen molar-refractivity contribution in [2.24, 2.45) is 0 Å². The number of amides is 2. The summed E-state index contributed by atoms with van der Waals surface area (Å²) in [4.78, 5) is 36.9. The number of benzene rings is 3. The van der Waals surface area contributed by atoms with Crippen molar-refractivity contribution in [3.05, 3.63) is 105 Å². The van der Waals surface area contributed by atoms with Crippen LogP contribution >= 0.6 is 23.2 Å². The summed E-state index contributed by atoms with van der Waals surface area (Å²) in [7, 11) is 0. The lowest BCUT2D eigenvalue weighted by Crippen LogP contribution is -2.32. The van der Waals surface area contributed by atoms with Gasteiger partial charge < -0.3 is 10.2 Å². The third-order valence-electron chi connectivity index (χ3n) is 5.92. The highest BCUT2D eigenvalue weighted by molar-refractivity contribution is 6.35. The highest BCUT2D eigenvalue weighted by atomic mass is 35.5. The molecule has 0 atom stereocenters. The molecule has 9 heteroatoms. The Hall–Kier alpha value is -3.81. The molecule has 0 unspecified atom stereocenters. The molecule has 1 aliphatic rings. The van der Waals surface area contributed by atoms with Crippen molar-refractivity contribution >= 4 is 46.4 Å². The van der Waals surface area contributed by atoms with E-state index < -0.39 is 11.7 Å². The predicted octanol–water partition coefficient (Wildman–Crippen LogP) is 6.35. The largest absolute Gasteiger partial charge is 0.322 e. The van der Waals surface area contributed by atoms with Crippen LogP contribution < -0.4 is 10.2 Å². The summed E-state index contributed by atoms with van der Waals surface area (Å²) in [5, 5.41) is 2.92. The van der Waals surface area contributed by atoms with Gasteiger partial charge in [-0.2, -0.15) is 0 Å². The summed E-state index contributed by atoms with van der Waals surface area (Å²) in [6, 6.07) is 15.7. The number of rotatable bonds is 3. The van der Waals surface area contributed by atoms with Gasteiger partial charge in [0.25, 0.3) is 11.8 Å². The summed E-state index contributed by atoms with van der Waals surface area (Å²) < 4.78 is 13.6. The fourth-order valence-corrected chi connectivity index (χ4v) is 4.63. The normalized spacial score (nSPS) is 12.4. The van der Waals surface area contributed by atoms with E-state index in [0.717, 1.165) is 28.6 Å². The molecule has 0 saturated carbocycles. The van der Waals surface area contributed by atoms with Crippen molar-refractivity contribution in [1.82, 2.24) is 9.97 Å². The number of hydrogen-bond acceptors (Lipinski definition) is 4. The quantitative estimate of drug-likeness (QED) is 0.341. The molecular formula is C27H19Cl2FN4O2. The molecule has 36 heavy (non-hydrogen) atoms. The highest BCUT2D eigenvalue weighted by Crippen LogP contribution is 2.36. The molecule has 1 aliphatic heterocycles. The predicted molar refractivity (Wildman–Crippen MR) is 138 cm³/mol. The van der Waals surface area contributed by atoms with E-state index in [-0.39, 0.29) is 27.1 Å². The van der Waals surface area contributed by atoms with Gasteiger partial charge >= 0.3 is 0 Å². The Morgan fingerprint density at radius 2 is 1.81 bits per heavy atom. The lowest BCUT2D eigenvalue weighted by Gasteiger charge is -2.23. The Bertz CT molecular complexity index is 1530. The topological polar surface area (TPSA) is 75.2 Å². The Labute approximate surface area is 216 Å². The van der Waals surface area contributed by atoms with E-state index in [9.17, 15) is 14.0 Å². The number of anilines is 2. The fraction of sp³-hybridized carbons (Fsp3) is 0.111. The van der Waals surface area contributed by atoms with E-state index in [1.807, 2.05) is 31.2 Å². The van der Waals surface area contributed by atoms with Crippen LogP contribution in [-0.2, 0) is 6.42 Å². The van der Waals surface area contributed by atoms with Crippen LogP contribution in [-0.4, -0.2) is 28.3 Å². The smallest absolute Gasteiger partial charge is 0.259 e. The van der Waals surface area contributed by atoms with Crippen LogP contribution in [0.2, 0.25) is 10.0 Å². The number of para-hydroxylation sites is 1. The first-order valence-electron chi connectivity index (χ1n) is 11.1. The number of nitrogens with one attached hydrogen (secondary N) is 1. The van der Waals surface area contributed by atoms with Crippen molar-refractivity contribution in [1.29, 1.82) is 0 Å². The van der Waals surface area contributed by atoms with Crippen LogP contribution in [0, 0.1) is 12.7 Å². The highest BCUT2D eigenvalue weighted by Gasteiger charge is 2.27. The summed E-state index contributed by atoms with van der Waals surface area (Å²) in [5.74, 6) is -0.797. The number of halogens is 3. The fourth-order valence-electron chi connectivity index (χ4n) is 4.17. The molecule has 0 bridgehead atoms. The van der Waals surface area contributed by atoms with Crippen molar-refractivity contribution in [2.75, 3.05) is 16.8 Å². The van der Waals surface area contributed by atoms with Gasteiger partial charge in [-0.25, -0.2) is 14.4 Å².